The lowest BCUT2D eigenvalue weighted by atomic mass is 10.1. The summed E-state index contributed by atoms with van der Waals surface area (Å²) in [6.45, 7) is -0.674. The highest BCUT2D eigenvalue weighted by Crippen LogP contribution is 2.38. The van der Waals surface area contributed by atoms with Gasteiger partial charge in [0.15, 0.2) is 6.10 Å². The number of anilines is 1. The van der Waals surface area contributed by atoms with Crippen molar-refractivity contribution in [1.29, 1.82) is 0 Å². The number of carboxylic acid groups (broad SMARTS) is 1. The number of halogens is 4. The lowest BCUT2D eigenvalue weighted by Crippen LogP contribution is -2.39. The van der Waals surface area contributed by atoms with Crippen LogP contribution < -0.4 is 10.6 Å². The molecule has 0 aliphatic rings. The highest BCUT2D eigenvalue weighted by Gasteiger charge is 2.34. The Hall–Kier alpha value is -2.00. The molecule has 1 atom stereocenters. The number of nitrogens with one attached hydrogen (secondary N) is 2. The van der Waals surface area contributed by atoms with Gasteiger partial charge in [-0.2, -0.15) is 13.2 Å². The number of hydrogen-bond acceptors (Lipinski definition) is 3. The van der Waals surface area contributed by atoms with Gasteiger partial charge >= 0.3 is 18.2 Å². The molecule has 0 aliphatic carbocycles. The second-order valence-electron chi connectivity index (χ2n) is 3.85. The van der Waals surface area contributed by atoms with Gasteiger partial charge in [0.05, 0.1) is 22.8 Å². The molecule has 0 radical (unpaired) electrons. The zero-order chi connectivity index (χ0) is 16.2. The number of aliphatic carboxylic acids is 1. The Morgan fingerprint density at radius 2 is 1.95 bits per heavy atom. The van der Waals surface area contributed by atoms with Gasteiger partial charge in [-0.15, -0.1) is 0 Å². The van der Waals surface area contributed by atoms with E-state index in [2.05, 4.69) is 0 Å². The third-order valence-corrected chi connectivity index (χ3v) is 2.61. The van der Waals surface area contributed by atoms with Crippen molar-refractivity contribution in [3.8, 4) is 0 Å². The summed E-state index contributed by atoms with van der Waals surface area (Å²) in [6, 6.07) is 1.82. The summed E-state index contributed by atoms with van der Waals surface area (Å²) in [7, 11) is 0. The van der Waals surface area contributed by atoms with E-state index in [-0.39, 0.29) is 5.02 Å². The van der Waals surface area contributed by atoms with Crippen molar-refractivity contribution in [3.05, 3.63) is 28.8 Å². The normalized spacial score (nSPS) is 12.6. The molecule has 1 rings (SSSR count). The fourth-order valence-corrected chi connectivity index (χ4v) is 1.54. The number of carbonyl (C=O) groups is 2. The predicted octanol–water partition coefficient (Wildman–Crippen LogP) is 1.93. The lowest BCUT2D eigenvalue weighted by molar-refractivity contribution is -0.146. The second-order valence-corrected chi connectivity index (χ2v) is 4.26. The lowest BCUT2D eigenvalue weighted by Gasteiger charge is -2.16. The molecule has 0 saturated heterocycles. The van der Waals surface area contributed by atoms with Crippen molar-refractivity contribution in [3.63, 3.8) is 0 Å². The molecule has 2 amide bonds. The van der Waals surface area contributed by atoms with Crippen molar-refractivity contribution in [2.45, 2.75) is 12.3 Å². The zero-order valence-electron chi connectivity index (χ0n) is 10.2. The fraction of sp³-hybridized carbons (Fsp3) is 0.273. The first-order valence-corrected chi connectivity index (χ1v) is 5.82. The Kier molecular flexibility index (Phi) is 5.39. The molecule has 0 saturated carbocycles. The number of urea groups is 1. The predicted molar refractivity (Wildman–Crippen MR) is 67.1 cm³/mol. The molecule has 0 aromatic heterocycles. The largest absolute Gasteiger partial charge is 0.479 e. The molecule has 116 valence electrons. The molecular weight excluding hydrogens is 317 g/mol. The quantitative estimate of drug-likeness (QED) is 0.679. The average molecular weight is 327 g/mol. The maximum Gasteiger partial charge on any atom is 0.418 e. The number of amides is 2. The summed E-state index contributed by atoms with van der Waals surface area (Å²) >= 11 is 5.61. The minimum absolute atomic E-state index is 0.334. The highest BCUT2D eigenvalue weighted by molar-refractivity contribution is 6.33. The smallest absolute Gasteiger partial charge is 0.418 e. The number of alkyl halides is 3. The van der Waals surface area contributed by atoms with Gasteiger partial charge in [-0.3, -0.25) is 0 Å². The molecule has 0 heterocycles. The zero-order valence-corrected chi connectivity index (χ0v) is 11.0. The first-order chi connectivity index (χ1) is 9.62. The van der Waals surface area contributed by atoms with E-state index in [9.17, 15) is 22.8 Å². The molecule has 4 N–H and O–H groups in total. The van der Waals surface area contributed by atoms with Gasteiger partial charge in [-0.25, -0.2) is 9.59 Å². The number of carbonyl (C=O) groups excluding carboxylic acids is 1. The Morgan fingerprint density at radius 1 is 1.33 bits per heavy atom. The Labute approximate surface area is 121 Å². The van der Waals surface area contributed by atoms with Crippen molar-refractivity contribution >= 4 is 29.3 Å². The van der Waals surface area contributed by atoms with Gasteiger partial charge in [-0.1, -0.05) is 17.7 Å². The number of para-hydroxylation sites is 1. The third kappa shape index (κ3) is 4.80. The van der Waals surface area contributed by atoms with E-state index in [1.807, 2.05) is 10.6 Å². The van der Waals surface area contributed by atoms with Crippen LogP contribution in [0, 0.1) is 0 Å². The van der Waals surface area contributed by atoms with Crippen LogP contribution in [0.5, 0.6) is 0 Å². The molecule has 0 spiro atoms. The van der Waals surface area contributed by atoms with Crippen molar-refractivity contribution < 1.29 is 33.0 Å². The van der Waals surface area contributed by atoms with Gasteiger partial charge in [-0.05, 0) is 12.1 Å². The number of carboxylic acids is 1. The van der Waals surface area contributed by atoms with E-state index in [1.54, 1.807) is 0 Å². The molecule has 0 fully saturated rings. The molecule has 10 heteroatoms. The van der Waals surface area contributed by atoms with E-state index in [4.69, 9.17) is 21.8 Å². The summed E-state index contributed by atoms with van der Waals surface area (Å²) in [4.78, 5) is 21.7. The van der Waals surface area contributed by atoms with Crippen molar-refractivity contribution in [2.75, 3.05) is 11.9 Å². The standard InChI is InChI=1S/C11H10ClF3N2O4/c12-6-3-1-2-5(11(13,14)15)8(6)17-10(21)16-4-7(18)9(19)20/h1-3,7,18H,4H2,(H,19,20)(H2,16,17,21). The first-order valence-electron chi connectivity index (χ1n) is 5.44. The van der Waals surface area contributed by atoms with Crippen LogP contribution in [0.3, 0.4) is 0 Å². The van der Waals surface area contributed by atoms with Gasteiger partial charge in [0.2, 0.25) is 0 Å². The monoisotopic (exact) mass is 326 g/mol. The van der Waals surface area contributed by atoms with Crippen LogP contribution in [0.4, 0.5) is 23.7 Å². The van der Waals surface area contributed by atoms with Gasteiger partial charge in [0.1, 0.15) is 0 Å². The Balaban J connectivity index is 2.83. The van der Waals surface area contributed by atoms with Crippen LogP contribution in [-0.4, -0.2) is 34.9 Å². The number of rotatable bonds is 4. The minimum atomic E-state index is -4.73. The van der Waals surface area contributed by atoms with Crippen LogP contribution >= 0.6 is 11.6 Å². The van der Waals surface area contributed by atoms with E-state index in [0.29, 0.717) is 0 Å². The Morgan fingerprint density at radius 3 is 2.48 bits per heavy atom. The summed E-state index contributed by atoms with van der Waals surface area (Å²) < 4.78 is 38.3. The summed E-state index contributed by atoms with van der Waals surface area (Å²) in [5.41, 5.74) is -1.81. The second kappa shape index (κ2) is 6.64. The van der Waals surface area contributed by atoms with Crippen LogP contribution in [0.15, 0.2) is 18.2 Å². The molecular formula is C11H10ClF3N2O4. The summed E-state index contributed by atoms with van der Waals surface area (Å²) in [5.74, 6) is -1.58. The van der Waals surface area contributed by atoms with E-state index >= 15 is 0 Å². The van der Waals surface area contributed by atoms with E-state index in [1.165, 1.54) is 0 Å². The summed E-state index contributed by atoms with van der Waals surface area (Å²) in [5, 5.41) is 20.8. The van der Waals surface area contributed by atoms with E-state index in [0.717, 1.165) is 18.2 Å². The third-order valence-electron chi connectivity index (χ3n) is 2.30. The number of hydrogen-bond donors (Lipinski definition) is 4. The molecule has 21 heavy (non-hydrogen) atoms. The van der Waals surface area contributed by atoms with E-state index < -0.39 is 42.1 Å². The van der Waals surface area contributed by atoms with Crippen LogP contribution in [-0.2, 0) is 11.0 Å². The first kappa shape index (κ1) is 17.1. The van der Waals surface area contributed by atoms with Gasteiger partial charge in [0.25, 0.3) is 0 Å². The van der Waals surface area contributed by atoms with Crippen molar-refractivity contribution in [2.24, 2.45) is 0 Å². The maximum atomic E-state index is 12.8. The fourth-order valence-electron chi connectivity index (χ4n) is 1.32. The van der Waals surface area contributed by atoms with Gasteiger partial charge < -0.3 is 20.8 Å². The van der Waals surface area contributed by atoms with Crippen molar-refractivity contribution in [1.82, 2.24) is 5.32 Å². The molecule has 1 unspecified atom stereocenters. The van der Waals surface area contributed by atoms with Gasteiger partial charge in [0, 0.05) is 0 Å². The Bertz CT molecular complexity index is 551. The average Bonchev–Trinajstić information content (AvgIpc) is 2.36. The molecule has 0 bridgehead atoms. The minimum Gasteiger partial charge on any atom is -0.479 e. The molecule has 0 aliphatic heterocycles. The molecule has 6 nitrogen and oxygen atoms in total. The topological polar surface area (TPSA) is 98.7 Å². The number of benzene rings is 1. The number of aliphatic hydroxyl groups excluding tert-OH is 1. The summed E-state index contributed by atoms with van der Waals surface area (Å²) in [6.07, 6.45) is -6.60. The number of aliphatic hydroxyl groups is 1. The van der Waals surface area contributed by atoms with Crippen LogP contribution in [0.2, 0.25) is 5.02 Å². The van der Waals surface area contributed by atoms with Crippen LogP contribution in [0.1, 0.15) is 5.56 Å². The SMILES string of the molecule is O=C(NCC(O)C(=O)O)Nc1c(Cl)cccc1C(F)(F)F. The van der Waals surface area contributed by atoms with Crippen LogP contribution in [0.25, 0.3) is 0 Å². The maximum absolute atomic E-state index is 12.8. The molecule has 1 aromatic rings. The highest BCUT2D eigenvalue weighted by atomic mass is 35.5. The molecule has 1 aromatic carbocycles.